The first-order chi connectivity index (χ1) is 10.8. The largest absolute Gasteiger partial charge is 0.457 e. The maximum atomic E-state index is 11.8. The van der Waals surface area contributed by atoms with Gasteiger partial charge in [-0.3, -0.25) is 4.79 Å². The monoisotopic (exact) mass is 314 g/mol. The van der Waals surface area contributed by atoms with Crippen LogP contribution in [0.2, 0.25) is 0 Å². The van der Waals surface area contributed by atoms with E-state index in [0.717, 1.165) is 11.1 Å². The third kappa shape index (κ3) is 7.90. The zero-order valence-corrected chi connectivity index (χ0v) is 14.8. The van der Waals surface area contributed by atoms with Crippen molar-refractivity contribution < 1.29 is 4.42 Å². The van der Waals surface area contributed by atoms with Crippen molar-refractivity contribution in [1.82, 2.24) is 9.80 Å². The second kappa shape index (κ2) is 8.83. The minimum atomic E-state index is -0.0703. The second-order valence-electron chi connectivity index (χ2n) is 5.94. The number of allylic oxidation sites excluding steroid dienone is 4. The first-order valence-electron chi connectivity index (χ1n) is 7.47. The molecule has 0 unspecified atom stereocenters. The molecule has 1 aromatic heterocycles. The Morgan fingerprint density at radius 2 is 1.26 bits per heavy atom. The van der Waals surface area contributed by atoms with E-state index in [1.54, 1.807) is 12.2 Å². The fraction of sp³-hybridized carbons (Fsp3) is 0.316. The van der Waals surface area contributed by atoms with Crippen molar-refractivity contribution in [3.05, 3.63) is 69.6 Å². The predicted octanol–water partition coefficient (Wildman–Crippen LogP) is 3.60. The molecule has 0 aliphatic carbocycles. The minimum absolute atomic E-state index is 0.0703. The van der Waals surface area contributed by atoms with Gasteiger partial charge < -0.3 is 14.2 Å². The van der Waals surface area contributed by atoms with Crippen molar-refractivity contribution in [3.8, 4) is 0 Å². The lowest BCUT2D eigenvalue weighted by Crippen LogP contribution is -2.01. The Labute approximate surface area is 138 Å². The molecule has 23 heavy (non-hydrogen) atoms. The highest BCUT2D eigenvalue weighted by molar-refractivity contribution is 5.51. The van der Waals surface area contributed by atoms with Crippen LogP contribution < -0.4 is 5.43 Å². The standard InChI is InChI=1S/C19H26N2O2/c1-15(13-20(3)4)7-9-18-11-17(22)12-19(23-18)10-8-16(2)14-21(5)6/h7-14H,1-6H3/b9-7+,10-8+,15-13+,16-14+. The van der Waals surface area contributed by atoms with Gasteiger partial charge in [0.1, 0.15) is 11.5 Å². The summed E-state index contributed by atoms with van der Waals surface area (Å²) in [7, 11) is 7.86. The van der Waals surface area contributed by atoms with E-state index < -0.39 is 0 Å². The molecule has 1 heterocycles. The summed E-state index contributed by atoms with van der Waals surface area (Å²) < 4.78 is 5.71. The van der Waals surface area contributed by atoms with Crippen LogP contribution in [0.15, 0.2) is 57.0 Å². The molecule has 0 radical (unpaired) electrons. The number of hydrogen-bond donors (Lipinski definition) is 0. The van der Waals surface area contributed by atoms with Crippen LogP contribution >= 0.6 is 0 Å². The van der Waals surface area contributed by atoms with E-state index >= 15 is 0 Å². The fourth-order valence-corrected chi connectivity index (χ4v) is 2.01. The van der Waals surface area contributed by atoms with E-state index in [2.05, 4.69) is 0 Å². The van der Waals surface area contributed by atoms with Gasteiger partial charge in [0.2, 0.25) is 0 Å². The number of nitrogens with zero attached hydrogens (tertiary/aromatic N) is 2. The van der Waals surface area contributed by atoms with Crippen LogP contribution in [0.3, 0.4) is 0 Å². The molecule has 0 atom stereocenters. The summed E-state index contributed by atoms with van der Waals surface area (Å²) in [4.78, 5) is 15.7. The average Bonchev–Trinajstić information content (AvgIpc) is 2.41. The van der Waals surface area contributed by atoms with Crippen LogP contribution in [-0.4, -0.2) is 38.0 Å². The normalized spacial score (nSPS) is 13.1. The van der Waals surface area contributed by atoms with Gasteiger partial charge in [0.25, 0.3) is 0 Å². The summed E-state index contributed by atoms with van der Waals surface area (Å²) in [6, 6.07) is 2.97. The highest BCUT2D eigenvalue weighted by Gasteiger charge is 1.97. The van der Waals surface area contributed by atoms with Crippen molar-refractivity contribution in [1.29, 1.82) is 0 Å². The van der Waals surface area contributed by atoms with Gasteiger partial charge in [-0.25, -0.2) is 0 Å². The Hall–Kier alpha value is -2.49. The quantitative estimate of drug-likeness (QED) is 0.752. The molecule has 0 saturated carbocycles. The molecular weight excluding hydrogens is 288 g/mol. The maximum absolute atomic E-state index is 11.8. The highest BCUT2D eigenvalue weighted by atomic mass is 16.3. The number of hydrogen-bond acceptors (Lipinski definition) is 4. The van der Waals surface area contributed by atoms with Crippen molar-refractivity contribution in [2.75, 3.05) is 28.2 Å². The lowest BCUT2D eigenvalue weighted by Gasteiger charge is -2.05. The summed E-state index contributed by atoms with van der Waals surface area (Å²) in [6.07, 6.45) is 11.4. The zero-order chi connectivity index (χ0) is 17.4. The third-order valence-electron chi connectivity index (χ3n) is 2.75. The van der Waals surface area contributed by atoms with E-state index in [-0.39, 0.29) is 5.43 Å². The molecule has 0 N–H and O–H groups in total. The molecule has 0 bridgehead atoms. The predicted molar refractivity (Wildman–Crippen MR) is 97.9 cm³/mol. The molecule has 0 fully saturated rings. The van der Waals surface area contributed by atoms with Gasteiger partial charge in [-0.15, -0.1) is 0 Å². The van der Waals surface area contributed by atoms with E-state index in [9.17, 15) is 4.79 Å². The number of rotatable bonds is 6. The van der Waals surface area contributed by atoms with E-state index in [1.807, 2.05) is 76.4 Å². The molecule has 0 saturated heterocycles. The van der Waals surface area contributed by atoms with Gasteiger partial charge in [-0.1, -0.05) is 12.2 Å². The summed E-state index contributed by atoms with van der Waals surface area (Å²) >= 11 is 0. The molecule has 124 valence electrons. The van der Waals surface area contributed by atoms with Gasteiger partial charge in [-0.05, 0) is 37.1 Å². The average molecular weight is 314 g/mol. The van der Waals surface area contributed by atoms with Crippen molar-refractivity contribution in [3.63, 3.8) is 0 Å². The molecule has 4 nitrogen and oxygen atoms in total. The van der Waals surface area contributed by atoms with E-state index in [1.165, 1.54) is 12.1 Å². The molecule has 0 spiro atoms. The maximum Gasteiger partial charge on any atom is 0.186 e. The lowest BCUT2D eigenvalue weighted by molar-refractivity contribution is 0.527. The minimum Gasteiger partial charge on any atom is -0.457 e. The molecule has 0 aliphatic rings. The molecule has 4 heteroatoms. The Balaban J connectivity index is 2.98. The highest BCUT2D eigenvalue weighted by Crippen LogP contribution is 2.09. The fourth-order valence-electron chi connectivity index (χ4n) is 2.01. The lowest BCUT2D eigenvalue weighted by atomic mass is 10.2. The van der Waals surface area contributed by atoms with Gasteiger partial charge in [0.05, 0.1) is 0 Å². The van der Waals surface area contributed by atoms with Crippen molar-refractivity contribution in [2.24, 2.45) is 0 Å². The Morgan fingerprint density at radius 3 is 1.61 bits per heavy atom. The van der Waals surface area contributed by atoms with Crippen LogP contribution in [0, 0.1) is 0 Å². The molecular formula is C19H26N2O2. The zero-order valence-electron chi connectivity index (χ0n) is 14.8. The van der Waals surface area contributed by atoms with Crippen molar-refractivity contribution >= 4 is 12.2 Å². The summed E-state index contributed by atoms with van der Waals surface area (Å²) in [5.41, 5.74) is 2.07. The topological polar surface area (TPSA) is 36.7 Å². The Morgan fingerprint density at radius 1 is 0.870 bits per heavy atom. The SMILES string of the molecule is CC(/C=C/c1cc(=O)cc(/C=C/C(C)=C/N(C)C)o1)=C\N(C)C. The second-order valence-corrected chi connectivity index (χ2v) is 5.94. The van der Waals surface area contributed by atoms with Crippen molar-refractivity contribution in [2.45, 2.75) is 13.8 Å². The molecule has 0 aliphatic heterocycles. The molecule has 0 amide bonds. The van der Waals surface area contributed by atoms with Gasteiger partial charge in [-0.2, -0.15) is 0 Å². The summed E-state index contributed by atoms with van der Waals surface area (Å²) in [5.74, 6) is 1.08. The molecule has 1 rings (SSSR count). The third-order valence-corrected chi connectivity index (χ3v) is 2.75. The molecule has 0 aromatic carbocycles. The van der Waals surface area contributed by atoms with Crippen LogP contribution in [0.25, 0.3) is 12.2 Å². The van der Waals surface area contributed by atoms with Gasteiger partial charge in [0, 0.05) is 52.7 Å². The van der Waals surface area contributed by atoms with Crippen LogP contribution in [0.4, 0.5) is 0 Å². The van der Waals surface area contributed by atoms with Crippen LogP contribution in [0.1, 0.15) is 25.4 Å². The van der Waals surface area contributed by atoms with E-state index in [0.29, 0.717) is 11.5 Å². The van der Waals surface area contributed by atoms with E-state index in [4.69, 9.17) is 4.42 Å². The Kier molecular flexibility index (Phi) is 7.13. The first-order valence-corrected chi connectivity index (χ1v) is 7.47. The Bertz CT molecular complexity index is 634. The van der Waals surface area contributed by atoms with Gasteiger partial charge >= 0.3 is 0 Å². The smallest absolute Gasteiger partial charge is 0.186 e. The summed E-state index contributed by atoms with van der Waals surface area (Å²) in [5, 5.41) is 0. The summed E-state index contributed by atoms with van der Waals surface area (Å²) in [6.45, 7) is 3.99. The van der Waals surface area contributed by atoms with Gasteiger partial charge in [0.15, 0.2) is 5.43 Å². The van der Waals surface area contributed by atoms with Crippen LogP contribution in [0.5, 0.6) is 0 Å². The van der Waals surface area contributed by atoms with Crippen LogP contribution in [-0.2, 0) is 0 Å². The first kappa shape index (κ1) is 18.6. The molecule has 1 aromatic rings.